The number of aromatic nitrogens is 1. The standard InChI is InChI=1S/C20H17N3O3/c24-19(16-5-2-1-3-6-16)23-18(13-17-7-4-12-26-17)20(25)22-14-15-8-10-21-11-9-15/h1-13H,14H2,(H,22,25)(H,23,24)/b18-13-. The van der Waals surface area contributed by atoms with E-state index in [1.54, 1.807) is 60.9 Å². The van der Waals surface area contributed by atoms with Crippen molar-refractivity contribution < 1.29 is 14.0 Å². The molecule has 130 valence electrons. The Hall–Kier alpha value is -3.67. The maximum absolute atomic E-state index is 12.6. The molecule has 0 aliphatic heterocycles. The molecule has 0 unspecified atom stereocenters. The van der Waals surface area contributed by atoms with Crippen LogP contribution >= 0.6 is 0 Å². The monoisotopic (exact) mass is 347 g/mol. The minimum atomic E-state index is -0.414. The lowest BCUT2D eigenvalue weighted by molar-refractivity contribution is -0.117. The van der Waals surface area contributed by atoms with Gasteiger partial charge in [-0.25, -0.2) is 0 Å². The number of carbonyl (C=O) groups is 2. The number of carbonyl (C=O) groups excluding carboxylic acids is 2. The lowest BCUT2D eigenvalue weighted by Gasteiger charge is -2.11. The van der Waals surface area contributed by atoms with E-state index in [2.05, 4.69) is 15.6 Å². The predicted octanol–water partition coefficient (Wildman–Crippen LogP) is 2.76. The van der Waals surface area contributed by atoms with E-state index in [-0.39, 0.29) is 11.6 Å². The molecule has 0 aliphatic carbocycles. The average Bonchev–Trinajstić information content (AvgIpc) is 3.20. The zero-order chi connectivity index (χ0) is 18.2. The molecule has 1 aromatic carbocycles. The predicted molar refractivity (Wildman–Crippen MR) is 96.7 cm³/mol. The summed E-state index contributed by atoms with van der Waals surface area (Å²) >= 11 is 0. The molecule has 0 bridgehead atoms. The second-order valence-corrected chi connectivity index (χ2v) is 5.43. The lowest BCUT2D eigenvalue weighted by Crippen LogP contribution is -2.34. The van der Waals surface area contributed by atoms with Gasteiger partial charge in [-0.05, 0) is 42.0 Å². The van der Waals surface area contributed by atoms with Crippen LogP contribution in [0.3, 0.4) is 0 Å². The molecule has 2 heterocycles. The van der Waals surface area contributed by atoms with Gasteiger partial charge < -0.3 is 15.1 Å². The molecule has 2 aromatic heterocycles. The molecule has 0 fully saturated rings. The molecule has 0 saturated heterocycles. The van der Waals surface area contributed by atoms with E-state index < -0.39 is 5.91 Å². The van der Waals surface area contributed by atoms with E-state index in [4.69, 9.17) is 4.42 Å². The largest absolute Gasteiger partial charge is 0.465 e. The van der Waals surface area contributed by atoms with Gasteiger partial charge in [0.05, 0.1) is 6.26 Å². The van der Waals surface area contributed by atoms with Crippen LogP contribution in [0.1, 0.15) is 21.7 Å². The zero-order valence-electron chi connectivity index (χ0n) is 13.9. The maximum atomic E-state index is 12.6. The number of hydrogen-bond donors (Lipinski definition) is 2. The number of nitrogens with one attached hydrogen (secondary N) is 2. The highest BCUT2D eigenvalue weighted by Gasteiger charge is 2.15. The van der Waals surface area contributed by atoms with Crippen molar-refractivity contribution in [2.24, 2.45) is 0 Å². The number of nitrogens with zero attached hydrogens (tertiary/aromatic N) is 1. The molecule has 3 rings (SSSR count). The fraction of sp³-hybridized carbons (Fsp3) is 0.0500. The zero-order valence-corrected chi connectivity index (χ0v) is 13.9. The van der Waals surface area contributed by atoms with Crippen LogP contribution < -0.4 is 10.6 Å². The van der Waals surface area contributed by atoms with Crippen molar-refractivity contribution in [1.82, 2.24) is 15.6 Å². The first kappa shape index (κ1) is 17.2. The smallest absolute Gasteiger partial charge is 0.268 e. The quantitative estimate of drug-likeness (QED) is 0.672. The van der Waals surface area contributed by atoms with Crippen LogP contribution in [-0.4, -0.2) is 16.8 Å². The van der Waals surface area contributed by atoms with Crippen LogP contribution in [0.2, 0.25) is 0 Å². The first-order valence-corrected chi connectivity index (χ1v) is 8.01. The van der Waals surface area contributed by atoms with E-state index in [0.29, 0.717) is 17.9 Å². The van der Waals surface area contributed by atoms with Crippen LogP contribution in [0.15, 0.2) is 83.4 Å². The molecule has 6 heteroatoms. The minimum absolute atomic E-state index is 0.0999. The molecule has 3 aromatic rings. The van der Waals surface area contributed by atoms with Gasteiger partial charge in [-0.1, -0.05) is 18.2 Å². The van der Waals surface area contributed by atoms with Crippen LogP contribution in [0, 0.1) is 0 Å². The first-order chi connectivity index (χ1) is 12.7. The number of hydrogen-bond acceptors (Lipinski definition) is 4. The Morgan fingerprint density at radius 1 is 1.00 bits per heavy atom. The van der Waals surface area contributed by atoms with Crippen LogP contribution in [0.25, 0.3) is 6.08 Å². The average molecular weight is 347 g/mol. The lowest BCUT2D eigenvalue weighted by atomic mass is 10.2. The number of amides is 2. The first-order valence-electron chi connectivity index (χ1n) is 8.01. The molecule has 2 N–H and O–H groups in total. The van der Waals surface area contributed by atoms with Crippen molar-refractivity contribution in [3.63, 3.8) is 0 Å². The second-order valence-electron chi connectivity index (χ2n) is 5.43. The van der Waals surface area contributed by atoms with Crippen molar-refractivity contribution >= 4 is 17.9 Å². The van der Waals surface area contributed by atoms with Crippen LogP contribution in [0.5, 0.6) is 0 Å². The second kappa shape index (κ2) is 8.43. The summed E-state index contributed by atoms with van der Waals surface area (Å²) in [5, 5.41) is 5.42. The summed E-state index contributed by atoms with van der Waals surface area (Å²) < 4.78 is 5.25. The molecule has 0 saturated carbocycles. The van der Waals surface area contributed by atoms with Gasteiger partial charge in [0.25, 0.3) is 11.8 Å². The van der Waals surface area contributed by atoms with Crippen molar-refractivity contribution in [2.75, 3.05) is 0 Å². The molecule has 0 radical (unpaired) electrons. The van der Waals surface area contributed by atoms with E-state index in [1.165, 1.54) is 12.3 Å². The van der Waals surface area contributed by atoms with Crippen molar-refractivity contribution in [3.05, 3.63) is 95.8 Å². The SMILES string of the molecule is O=C(NCc1ccncc1)/C(=C/c1ccco1)NC(=O)c1ccccc1. The maximum Gasteiger partial charge on any atom is 0.268 e. The van der Waals surface area contributed by atoms with Crippen molar-refractivity contribution in [2.45, 2.75) is 6.54 Å². The third-order valence-corrected chi connectivity index (χ3v) is 3.56. The Kier molecular flexibility index (Phi) is 5.57. The van der Waals surface area contributed by atoms with Crippen LogP contribution in [0.4, 0.5) is 0 Å². The van der Waals surface area contributed by atoms with Crippen LogP contribution in [-0.2, 0) is 11.3 Å². The minimum Gasteiger partial charge on any atom is -0.465 e. The van der Waals surface area contributed by atoms with Gasteiger partial charge in [-0.15, -0.1) is 0 Å². The highest BCUT2D eigenvalue weighted by molar-refractivity contribution is 6.05. The van der Waals surface area contributed by atoms with Crippen molar-refractivity contribution in [3.8, 4) is 0 Å². The fourth-order valence-corrected chi connectivity index (χ4v) is 2.24. The molecule has 26 heavy (non-hydrogen) atoms. The molecular weight excluding hydrogens is 330 g/mol. The summed E-state index contributed by atoms with van der Waals surface area (Å²) in [4.78, 5) is 28.9. The third kappa shape index (κ3) is 4.67. The third-order valence-electron chi connectivity index (χ3n) is 3.56. The Balaban J connectivity index is 1.75. The topological polar surface area (TPSA) is 84.2 Å². The van der Waals surface area contributed by atoms with Gasteiger partial charge in [-0.3, -0.25) is 14.6 Å². The van der Waals surface area contributed by atoms with Gasteiger partial charge in [-0.2, -0.15) is 0 Å². The van der Waals surface area contributed by atoms with Gasteiger partial charge >= 0.3 is 0 Å². The Labute approximate surface area is 150 Å². The molecule has 0 atom stereocenters. The van der Waals surface area contributed by atoms with Crippen molar-refractivity contribution in [1.29, 1.82) is 0 Å². The molecular formula is C20H17N3O3. The van der Waals surface area contributed by atoms with E-state index in [0.717, 1.165) is 5.56 Å². The summed E-state index contributed by atoms with van der Waals surface area (Å²) in [6, 6.07) is 15.7. The molecule has 6 nitrogen and oxygen atoms in total. The number of rotatable bonds is 6. The number of benzene rings is 1. The summed E-state index contributed by atoms with van der Waals surface area (Å²) in [6.07, 6.45) is 6.29. The Morgan fingerprint density at radius 3 is 2.46 bits per heavy atom. The Morgan fingerprint density at radius 2 is 1.77 bits per heavy atom. The summed E-state index contributed by atoms with van der Waals surface area (Å²) in [5.41, 5.74) is 1.46. The van der Waals surface area contributed by atoms with E-state index >= 15 is 0 Å². The molecule has 2 amide bonds. The molecule has 0 spiro atoms. The van der Waals surface area contributed by atoms with Gasteiger partial charge in [0.2, 0.25) is 0 Å². The molecule has 0 aliphatic rings. The summed E-state index contributed by atoms with van der Waals surface area (Å²) in [6.45, 7) is 0.318. The van der Waals surface area contributed by atoms with E-state index in [9.17, 15) is 9.59 Å². The normalized spacial score (nSPS) is 11.0. The summed E-state index contributed by atoms with van der Waals surface area (Å²) in [7, 11) is 0. The fourth-order valence-electron chi connectivity index (χ4n) is 2.24. The highest BCUT2D eigenvalue weighted by atomic mass is 16.3. The number of furan rings is 1. The highest BCUT2D eigenvalue weighted by Crippen LogP contribution is 2.08. The Bertz CT molecular complexity index is 889. The van der Waals surface area contributed by atoms with Gasteiger partial charge in [0.1, 0.15) is 11.5 Å². The van der Waals surface area contributed by atoms with Gasteiger partial charge in [0.15, 0.2) is 0 Å². The van der Waals surface area contributed by atoms with E-state index in [1.807, 2.05) is 6.07 Å². The van der Waals surface area contributed by atoms with Gasteiger partial charge in [0, 0.05) is 30.6 Å². The number of pyridine rings is 1. The summed E-state index contributed by atoms with van der Waals surface area (Å²) in [5.74, 6) is -0.322.